The van der Waals surface area contributed by atoms with Gasteiger partial charge in [0.1, 0.15) is 5.52 Å². The van der Waals surface area contributed by atoms with E-state index in [0.29, 0.717) is 17.7 Å². The van der Waals surface area contributed by atoms with Crippen LogP contribution in [0, 0.1) is 17.8 Å². The Kier molecular flexibility index (Phi) is 2.65. The molecule has 4 atom stereocenters. The van der Waals surface area contributed by atoms with E-state index in [4.69, 9.17) is 10.2 Å². The van der Waals surface area contributed by atoms with Crippen molar-refractivity contribution in [1.82, 2.24) is 4.98 Å². The third-order valence-electron chi connectivity index (χ3n) is 5.20. The molecule has 4 unspecified atom stereocenters. The van der Waals surface area contributed by atoms with Crippen molar-refractivity contribution < 1.29 is 4.42 Å². The third kappa shape index (κ3) is 1.94. The molecule has 0 radical (unpaired) electrons. The molecule has 1 aromatic heterocycles. The summed E-state index contributed by atoms with van der Waals surface area (Å²) in [5, 5.41) is 3.46. The van der Waals surface area contributed by atoms with E-state index < -0.39 is 0 Å². The van der Waals surface area contributed by atoms with Gasteiger partial charge >= 0.3 is 0 Å². The topological polar surface area (TPSA) is 64.1 Å². The fourth-order valence-corrected chi connectivity index (χ4v) is 4.21. The lowest BCUT2D eigenvalue weighted by molar-refractivity contribution is 0.301. The molecular weight excluding hydrogens is 250 g/mol. The van der Waals surface area contributed by atoms with Crippen LogP contribution in [0.2, 0.25) is 0 Å². The van der Waals surface area contributed by atoms with Crippen LogP contribution in [0.1, 0.15) is 32.6 Å². The zero-order valence-corrected chi connectivity index (χ0v) is 11.8. The first-order valence-electron chi connectivity index (χ1n) is 7.61. The Balaban J connectivity index is 1.52. The van der Waals surface area contributed by atoms with E-state index >= 15 is 0 Å². The quantitative estimate of drug-likeness (QED) is 0.836. The van der Waals surface area contributed by atoms with E-state index in [1.165, 1.54) is 25.7 Å². The normalized spacial score (nSPS) is 29.9. The second kappa shape index (κ2) is 4.40. The molecule has 0 amide bonds. The van der Waals surface area contributed by atoms with Crippen LogP contribution in [0.3, 0.4) is 0 Å². The minimum atomic E-state index is 0.427. The van der Waals surface area contributed by atoms with Gasteiger partial charge < -0.3 is 15.5 Å². The number of aromatic nitrogens is 1. The van der Waals surface area contributed by atoms with Crippen molar-refractivity contribution in [2.45, 2.75) is 38.6 Å². The van der Waals surface area contributed by atoms with Gasteiger partial charge in [0.05, 0.1) is 0 Å². The van der Waals surface area contributed by atoms with Crippen LogP contribution in [0.15, 0.2) is 22.6 Å². The molecule has 0 spiro atoms. The highest BCUT2D eigenvalue weighted by molar-refractivity contribution is 5.78. The second-order valence-electron chi connectivity index (χ2n) is 6.52. The monoisotopic (exact) mass is 271 g/mol. The first-order chi connectivity index (χ1) is 9.69. The average Bonchev–Trinajstić information content (AvgIpc) is 3.11. The summed E-state index contributed by atoms with van der Waals surface area (Å²) in [6.07, 6.45) is 5.65. The molecular formula is C16H21N3O. The summed E-state index contributed by atoms with van der Waals surface area (Å²) in [4.78, 5) is 4.49. The molecule has 2 aliphatic rings. The molecule has 2 fully saturated rings. The summed E-state index contributed by atoms with van der Waals surface area (Å²) in [6, 6.07) is 6.64. The highest BCUT2D eigenvalue weighted by atomic mass is 16.4. The maximum Gasteiger partial charge on any atom is 0.295 e. The van der Waals surface area contributed by atoms with Crippen molar-refractivity contribution in [3.05, 3.63) is 18.2 Å². The van der Waals surface area contributed by atoms with Crippen LogP contribution in [0.25, 0.3) is 11.1 Å². The summed E-state index contributed by atoms with van der Waals surface area (Å²) in [7, 11) is 0. The number of rotatable bonds is 3. The van der Waals surface area contributed by atoms with Crippen LogP contribution in [0.4, 0.5) is 11.7 Å². The number of nitrogens with zero attached hydrogens (tertiary/aromatic N) is 1. The van der Waals surface area contributed by atoms with Gasteiger partial charge in [-0.3, -0.25) is 0 Å². The molecule has 1 aromatic carbocycles. The Bertz CT molecular complexity index is 636. The van der Waals surface area contributed by atoms with Crippen molar-refractivity contribution in [1.29, 1.82) is 0 Å². The Hall–Kier alpha value is -1.71. The van der Waals surface area contributed by atoms with Gasteiger partial charge in [0, 0.05) is 17.8 Å². The number of nitrogen functional groups attached to an aromatic ring is 1. The predicted molar refractivity (Wildman–Crippen MR) is 80.4 cm³/mol. The first kappa shape index (κ1) is 12.1. The zero-order valence-electron chi connectivity index (χ0n) is 11.8. The average molecular weight is 271 g/mol. The lowest BCUT2D eigenvalue weighted by Gasteiger charge is -2.27. The minimum absolute atomic E-state index is 0.427. The van der Waals surface area contributed by atoms with Gasteiger partial charge in [-0.2, -0.15) is 4.98 Å². The number of oxazole rings is 1. The molecule has 4 rings (SSSR count). The molecule has 0 saturated heterocycles. The Morgan fingerprint density at radius 3 is 3.00 bits per heavy atom. The number of benzene rings is 1. The van der Waals surface area contributed by atoms with Crippen LogP contribution >= 0.6 is 0 Å². The first-order valence-corrected chi connectivity index (χ1v) is 7.61. The molecule has 2 aromatic rings. The standard InChI is InChI=1S/C16H21N3O/c1-9(13-7-10-2-3-11(13)6-10)18-16-19-14-5-4-12(17)8-15(14)20-16/h4-5,8-11,13H,2-3,6-7,17H2,1H3,(H,18,19). The fraction of sp³-hybridized carbons (Fsp3) is 0.562. The fourth-order valence-electron chi connectivity index (χ4n) is 4.21. The summed E-state index contributed by atoms with van der Waals surface area (Å²) < 4.78 is 5.76. The van der Waals surface area contributed by atoms with Crippen molar-refractivity contribution in [3.8, 4) is 0 Å². The van der Waals surface area contributed by atoms with Gasteiger partial charge in [-0.25, -0.2) is 0 Å². The summed E-state index contributed by atoms with van der Waals surface area (Å²) in [6.45, 7) is 2.26. The highest BCUT2D eigenvalue weighted by Gasteiger charge is 2.42. The van der Waals surface area contributed by atoms with E-state index in [-0.39, 0.29) is 0 Å². The van der Waals surface area contributed by atoms with Gasteiger partial charge in [-0.1, -0.05) is 6.42 Å². The molecule has 0 aliphatic heterocycles. The maximum absolute atomic E-state index is 5.77. The zero-order chi connectivity index (χ0) is 13.7. The largest absolute Gasteiger partial charge is 0.423 e. The van der Waals surface area contributed by atoms with Gasteiger partial charge in [-0.05, 0) is 56.1 Å². The minimum Gasteiger partial charge on any atom is -0.423 e. The summed E-state index contributed by atoms with van der Waals surface area (Å²) in [5.41, 5.74) is 8.10. The Morgan fingerprint density at radius 1 is 1.35 bits per heavy atom. The molecule has 4 nitrogen and oxygen atoms in total. The van der Waals surface area contributed by atoms with Gasteiger partial charge in [-0.15, -0.1) is 0 Å². The lowest BCUT2D eigenvalue weighted by atomic mass is 9.84. The molecule has 1 heterocycles. The number of fused-ring (bicyclic) bond motifs is 3. The smallest absolute Gasteiger partial charge is 0.295 e. The summed E-state index contributed by atoms with van der Waals surface area (Å²) >= 11 is 0. The van der Waals surface area contributed by atoms with Crippen LogP contribution in [-0.2, 0) is 0 Å². The molecule has 2 saturated carbocycles. The van der Waals surface area contributed by atoms with E-state index in [2.05, 4.69) is 17.2 Å². The molecule has 20 heavy (non-hydrogen) atoms. The number of hydrogen-bond donors (Lipinski definition) is 2. The van der Waals surface area contributed by atoms with Gasteiger partial charge in [0.2, 0.25) is 0 Å². The highest BCUT2D eigenvalue weighted by Crippen LogP contribution is 2.49. The number of nitrogens with two attached hydrogens (primary N) is 1. The second-order valence-corrected chi connectivity index (χ2v) is 6.52. The summed E-state index contributed by atoms with van der Waals surface area (Å²) in [5.74, 6) is 2.65. The molecule has 2 aliphatic carbocycles. The lowest BCUT2D eigenvalue weighted by Crippen LogP contribution is -2.30. The maximum atomic E-state index is 5.77. The molecule has 4 heteroatoms. The molecule has 106 valence electrons. The van der Waals surface area contributed by atoms with Crippen molar-refractivity contribution in [2.24, 2.45) is 17.8 Å². The van der Waals surface area contributed by atoms with Gasteiger partial charge in [0.25, 0.3) is 6.01 Å². The van der Waals surface area contributed by atoms with Crippen molar-refractivity contribution in [3.63, 3.8) is 0 Å². The van der Waals surface area contributed by atoms with E-state index in [0.717, 1.165) is 28.9 Å². The van der Waals surface area contributed by atoms with Crippen molar-refractivity contribution in [2.75, 3.05) is 11.1 Å². The van der Waals surface area contributed by atoms with Gasteiger partial charge in [0.15, 0.2) is 5.58 Å². The van der Waals surface area contributed by atoms with Crippen LogP contribution in [-0.4, -0.2) is 11.0 Å². The van der Waals surface area contributed by atoms with E-state index in [1.54, 1.807) is 0 Å². The number of hydrogen-bond acceptors (Lipinski definition) is 4. The molecule has 2 bridgehead atoms. The SMILES string of the molecule is CC(Nc1nc2ccc(N)cc2o1)C1CC2CCC1C2. The van der Waals surface area contributed by atoms with Crippen LogP contribution < -0.4 is 11.1 Å². The predicted octanol–water partition coefficient (Wildman–Crippen LogP) is 3.65. The van der Waals surface area contributed by atoms with E-state index in [1.807, 2.05) is 18.2 Å². The van der Waals surface area contributed by atoms with E-state index in [9.17, 15) is 0 Å². The third-order valence-corrected chi connectivity index (χ3v) is 5.20. The Morgan fingerprint density at radius 2 is 2.25 bits per heavy atom. The van der Waals surface area contributed by atoms with Crippen LogP contribution in [0.5, 0.6) is 0 Å². The van der Waals surface area contributed by atoms with Crippen molar-refractivity contribution >= 4 is 22.8 Å². The molecule has 3 N–H and O–H groups in total. The number of nitrogens with one attached hydrogen (secondary N) is 1. The number of anilines is 2. The Labute approximate surface area is 118 Å².